The Kier molecular flexibility index (Phi) is 10.2. The first kappa shape index (κ1) is 34.3. The average molecular weight is 658 g/mol. The van der Waals surface area contributed by atoms with Gasteiger partial charge in [-0.05, 0) is 31.6 Å². The summed E-state index contributed by atoms with van der Waals surface area (Å²) in [5.41, 5.74) is 3.72. The maximum Gasteiger partial charge on any atom is 0.509 e. The highest BCUT2D eigenvalue weighted by atomic mass is 31.2. The van der Waals surface area contributed by atoms with Gasteiger partial charge in [0.1, 0.15) is 18.2 Å². The molecule has 2 aromatic heterocycles. The van der Waals surface area contributed by atoms with Gasteiger partial charge in [0.05, 0.1) is 27.2 Å². The highest BCUT2D eigenvalue weighted by Crippen LogP contribution is 2.49. The van der Waals surface area contributed by atoms with E-state index in [0.717, 1.165) is 0 Å². The number of carbonyl (C=O) groups is 3. The Bertz CT molecular complexity index is 1490. The van der Waals surface area contributed by atoms with Crippen LogP contribution in [0.25, 0.3) is 11.2 Å². The highest BCUT2D eigenvalue weighted by molar-refractivity contribution is 7.54. The quantitative estimate of drug-likeness (QED) is 0.127. The first-order valence-electron chi connectivity index (χ1n) is 14.3. The first-order chi connectivity index (χ1) is 21.1. The molecule has 2 fully saturated rings. The number of anilines is 1. The SMILES string of the molecule is COC(=O)C(CC(C)C)NP(=O)(NC(CC(C)C)C(=O)OC)OC[C@H]1O[C@@H](n2cnc3c(=O)[nH]c(N)nc32)[C@]2(C)OC(=O)O[C@H]12. The lowest BCUT2D eigenvalue weighted by atomic mass is 9.96. The molecule has 2 aliphatic rings. The lowest BCUT2D eigenvalue weighted by molar-refractivity contribution is -0.143. The minimum atomic E-state index is -4.29. The summed E-state index contributed by atoms with van der Waals surface area (Å²) in [6.07, 6.45) is -2.56. The van der Waals surface area contributed by atoms with E-state index in [9.17, 15) is 23.7 Å². The van der Waals surface area contributed by atoms with E-state index < -0.39 is 74.1 Å². The normalized spacial score (nSPS) is 25.4. The van der Waals surface area contributed by atoms with Crippen LogP contribution in [0.1, 0.15) is 53.7 Å². The zero-order valence-electron chi connectivity index (χ0n) is 26.1. The molecule has 19 heteroatoms. The Morgan fingerprint density at radius 2 is 1.69 bits per heavy atom. The fraction of sp³-hybridized carbons (Fsp3) is 0.692. The fourth-order valence-electron chi connectivity index (χ4n) is 5.40. The molecule has 6 atom stereocenters. The van der Waals surface area contributed by atoms with Crippen LogP contribution in [0.4, 0.5) is 10.7 Å². The van der Waals surface area contributed by atoms with Gasteiger partial charge in [-0.1, -0.05) is 27.7 Å². The van der Waals surface area contributed by atoms with E-state index in [0.29, 0.717) is 0 Å². The van der Waals surface area contributed by atoms with E-state index in [2.05, 4.69) is 25.1 Å². The Labute approximate surface area is 258 Å². The van der Waals surface area contributed by atoms with Gasteiger partial charge in [0, 0.05) is 0 Å². The Morgan fingerprint density at radius 1 is 1.11 bits per heavy atom. The van der Waals surface area contributed by atoms with Crippen LogP contribution >= 0.6 is 7.67 Å². The molecule has 0 bridgehead atoms. The maximum atomic E-state index is 14.5. The molecule has 5 N–H and O–H groups in total. The molecule has 0 saturated carbocycles. The minimum Gasteiger partial charge on any atom is -0.468 e. The number of nitrogens with one attached hydrogen (secondary N) is 3. The summed E-state index contributed by atoms with van der Waals surface area (Å²) in [6.45, 7) is 8.54. The number of hydrogen-bond donors (Lipinski definition) is 4. The molecule has 0 aliphatic carbocycles. The summed E-state index contributed by atoms with van der Waals surface area (Å²) in [4.78, 5) is 60.7. The fourth-order valence-corrected chi connectivity index (χ4v) is 7.23. The second-order valence-corrected chi connectivity index (χ2v) is 13.8. The van der Waals surface area contributed by atoms with Crippen molar-refractivity contribution in [3.63, 3.8) is 0 Å². The number of carbonyl (C=O) groups excluding carboxylic acids is 3. The van der Waals surface area contributed by atoms with Gasteiger partial charge in [-0.2, -0.15) is 4.98 Å². The van der Waals surface area contributed by atoms with Gasteiger partial charge in [-0.15, -0.1) is 0 Å². The summed E-state index contributed by atoms with van der Waals surface area (Å²) in [5.74, 6) is -1.59. The van der Waals surface area contributed by atoms with E-state index in [1.165, 1.54) is 25.1 Å². The molecule has 0 radical (unpaired) electrons. The molecular weight excluding hydrogens is 617 g/mol. The van der Waals surface area contributed by atoms with Crippen molar-refractivity contribution in [3.05, 3.63) is 16.7 Å². The molecule has 2 unspecified atom stereocenters. The zero-order chi connectivity index (χ0) is 33.3. The summed E-state index contributed by atoms with van der Waals surface area (Å²) in [7, 11) is -1.90. The molecule has 250 valence electrons. The Balaban J connectivity index is 1.66. The molecular formula is C26H40N7O11P. The smallest absolute Gasteiger partial charge is 0.468 e. The molecule has 2 saturated heterocycles. The van der Waals surface area contributed by atoms with E-state index in [-0.39, 0.29) is 41.8 Å². The lowest BCUT2D eigenvalue weighted by Gasteiger charge is -2.30. The third kappa shape index (κ3) is 7.30. The Hall–Kier alpha value is -3.57. The van der Waals surface area contributed by atoms with Crippen LogP contribution in [-0.4, -0.2) is 88.3 Å². The van der Waals surface area contributed by atoms with Crippen molar-refractivity contribution in [1.29, 1.82) is 0 Å². The number of H-pyrrole nitrogens is 1. The van der Waals surface area contributed by atoms with Crippen molar-refractivity contribution in [2.45, 2.75) is 83.6 Å². The number of nitrogen functional groups attached to an aromatic ring is 1. The monoisotopic (exact) mass is 657 g/mol. The molecule has 0 amide bonds. The molecule has 0 aromatic carbocycles. The van der Waals surface area contributed by atoms with Crippen molar-refractivity contribution >= 4 is 42.9 Å². The molecule has 4 rings (SSSR count). The number of rotatable bonds is 14. The number of nitrogens with two attached hydrogens (primary N) is 1. The van der Waals surface area contributed by atoms with Gasteiger partial charge in [-0.25, -0.2) is 20.0 Å². The van der Waals surface area contributed by atoms with E-state index in [4.69, 9.17) is 33.9 Å². The summed E-state index contributed by atoms with van der Waals surface area (Å²) < 4.78 is 48.8. The number of esters is 2. The minimum absolute atomic E-state index is 0.0170. The van der Waals surface area contributed by atoms with Gasteiger partial charge in [0.15, 0.2) is 29.1 Å². The lowest BCUT2D eigenvalue weighted by Crippen LogP contribution is -2.46. The predicted molar refractivity (Wildman–Crippen MR) is 157 cm³/mol. The largest absolute Gasteiger partial charge is 0.509 e. The number of imidazole rings is 1. The molecule has 0 spiro atoms. The van der Waals surface area contributed by atoms with Crippen LogP contribution in [0.3, 0.4) is 0 Å². The van der Waals surface area contributed by atoms with E-state index in [1.807, 2.05) is 27.7 Å². The van der Waals surface area contributed by atoms with Crippen LogP contribution in [0.2, 0.25) is 0 Å². The zero-order valence-corrected chi connectivity index (χ0v) is 27.0. The number of fused-ring (bicyclic) bond motifs is 2. The molecule has 45 heavy (non-hydrogen) atoms. The number of hydrogen-bond acceptors (Lipinski definition) is 14. The van der Waals surface area contributed by atoms with Crippen molar-refractivity contribution < 1.29 is 47.2 Å². The molecule has 2 aliphatic heterocycles. The second kappa shape index (κ2) is 13.4. The highest BCUT2D eigenvalue weighted by Gasteiger charge is 2.64. The maximum absolute atomic E-state index is 14.5. The van der Waals surface area contributed by atoms with E-state index in [1.54, 1.807) is 6.92 Å². The summed E-state index contributed by atoms with van der Waals surface area (Å²) in [6, 6.07) is -2.15. The van der Waals surface area contributed by atoms with Crippen molar-refractivity contribution in [3.8, 4) is 0 Å². The second-order valence-electron chi connectivity index (χ2n) is 11.9. The summed E-state index contributed by atoms with van der Waals surface area (Å²) >= 11 is 0. The number of ether oxygens (including phenoxy) is 5. The van der Waals surface area contributed by atoms with Crippen LogP contribution in [-0.2, 0) is 42.4 Å². The topological polar surface area (TPSA) is 237 Å². The van der Waals surface area contributed by atoms with Crippen molar-refractivity contribution in [1.82, 2.24) is 29.7 Å². The Morgan fingerprint density at radius 3 is 2.22 bits per heavy atom. The number of methoxy groups -OCH3 is 2. The average Bonchev–Trinajstić information content (AvgIpc) is 3.58. The van der Waals surface area contributed by atoms with Crippen LogP contribution in [0.15, 0.2) is 11.1 Å². The van der Waals surface area contributed by atoms with Crippen molar-refractivity contribution in [2.75, 3.05) is 26.6 Å². The standard InChI is InChI=1S/C26H40N7O11P/c1-12(2)8-14(21(35)39-6)31-45(38,32-15(9-13(3)4)22(36)40-7)41-10-16-18-26(5,44-25(37)43-18)23(42-16)33-11-28-17-19(33)29-24(27)30-20(17)34/h11-16,18,23H,8-10H2,1-7H3,(H2,31,32,38)(H3,27,29,30,34)/t14?,15?,16-,18-,23-,26-,45?/m1/s1. The van der Waals surface area contributed by atoms with Crippen LogP contribution in [0.5, 0.6) is 0 Å². The molecule has 2 aromatic rings. The predicted octanol–water partition coefficient (Wildman–Crippen LogP) is 1.37. The van der Waals surface area contributed by atoms with Gasteiger partial charge in [-0.3, -0.25) is 28.5 Å². The van der Waals surface area contributed by atoms with E-state index >= 15 is 0 Å². The number of aromatic amines is 1. The van der Waals surface area contributed by atoms with Crippen LogP contribution < -0.4 is 21.5 Å². The number of nitrogens with zero attached hydrogens (tertiary/aromatic N) is 3. The van der Waals surface area contributed by atoms with Gasteiger partial charge < -0.3 is 33.9 Å². The van der Waals surface area contributed by atoms with Crippen molar-refractivity contribution in [2.24, 2.45) is 11.8 Å². The van der Waals surface area contributed by atoms with Gasteiger partial charge in [0.25, 0.3) is 5.56 Å². The first-order valence-corrected chi connectivity index (χ1v) is 16.0. The van der Waals surface area contributed by atoms with Crippen LogP contribution in [0, 0.1) is 11.8 Å². The third-order valence-electron chi connectivity index (χ3n) is 7.38. The number of aromatic nitrogens is 4. The molecule has 18 nitrogen and oxygen atoms in total. The molecule has 4 heterocycles. The van der Waals surface area contributed by atoms with Gasteiger partial charge in [0.2, 0.25) is 5.95 Å². The third-order valence-corrected chi connectivity index (χ3v) is 9.20. The summed E-state index contributed by atoms with van der Waals surface area (Å²) in [5, 5.41) is 5.48. The van der Waals surface area contributed by atoms with Gasteiger partial charge >= 0.3 is 25.8 Å².